The highest BCUT2D eigenvalue weighted by molar-refractivity contribution is 5.76. The van der Waals surface area contributed by atoms with Crippen LogP contribution in [0.2, 0.25) is 0 Å². The quantitative estimate of drug-likeness (QED) is 0.912. The van der Waals surface area contributed by atoms with Gasteiger partial charge in [0, 0.05) is 6.61 Å². The lowest BCUT2D eigenvalue weighted by atomic mass is 9.70. The van der Waals surface area contributed by atoms with E-state index in [9.17, 15) is 9.90 Å². The van der Waals surface area contributed by atoms with E-state index in [1.54, 1.807) is 0 Å². The minimum Gasteiger partial charge on any atom is -0.481 e. The summed E-state index contributed by atoms with van der Waals surface area (Å²) < 4.78 is 5.93. The molecule has 2 fully saturated rings. The Morgan fingerprint density at radius 3 is 2.70 bits per heavy atom. The lowest BCUT2D eigenvalue weighted by molar-refractivity contribution is -0.149. The second-order valence-corrected chi connectivity index (χ2v) is 6.28. The summed E-state index contributed by atoms with van der Waals surface area (Å²) in [5.41, 5.74) is 1.02. The molecule has 2 atom stereocenters. The number of aliphatic carboxylic acids is 1. The van der Waals surface area contributed by atoms with Gasteiger partial charge in [-0.25, -0.2) is 0 Å². The van der Waals surface area contributed by atoms with Crippen LogP contribution in [-0.2, 0) is 9.53 Å². The molecule has 1 aromatic rings. The molecule has 1 saturated heterocycles. The van der Waals surface area contributed by atoms with Gasteiger partial charge >= 0.3 is 5.97 Å². The summed E-state index contributed by atoms with van der Waals surface area (Å²) in [5, 5.41) is 9.53. The molecule has 1 aliphatic heterocycles. The van der Waals surface area contributed by atoms with Crippen LogP contribution in [-0.4, -0.2) is 23.3 Å². The number of hydrogen-bond donors (Lipinski definition) is 1. The van der Waals surface area contributed by atoms with Gasteiger partial charge in [-0.05, 0) is 50.0 Å². The van der Waals surface area contributed by atoms with Crippen molar-refractivity contribution in [2.24, 2.45) is 5.92 Å². The van der Waals surface area contributed by atoms with Crippen LogP contribution in [0.4, 0.5) is 0 Å². The molecule has 0 aromatic heterocycles. The molecule has 1 N–H and O–H groups in total. The Balaban J connectivity index is 1.69. The maximum Gasteiger partial charge on any atom is 0.310 e. The smallest absolute Gasteiger partial charge is 0.310 e. The predicted octanol–water partition coefficient (Wildman–Crippen LogP) is 3.59. The van der Waals surface area contributed by atoms with Crippen molar-refractivity contribution in [3.63, 3.8) is 0 Å². The molecule has 3 heteroatoms. The minimum atomic E-state index is -0.703. The van der Waals surface area contributed by atoms with Crippen molar-refractivity contribution in [2.45, 2.75) is 50.0 Å². The van der Waals surface area contributed by atoms with Gasteiger partial charge in [0.25, 0.3) is 0 Å². The largest absolute Gasteiger partial charge is 0.481 e. The zero-order chi connectivity index (χ0) is 14.0. The molecule has 20 heavy (non-hydrogen) atoms. The SMILES string of the molecule is O=C(O)C(CC1CCOC2(CCC2)C1)c1ccccc1. The van der Waals surface area contributed by atoms with Crippen LogP contribution >= 0.6 is 0 Å². The predicted molar refractivity (Wildman–Crippen MR) is 76.7 cm³/mol. The summed E-state index contributed by atoms with van der Waals surface area (Å²) in [6.45, 7) is 0.797. The van der Waals surface area contributed by atoms with E-state index in [0.717, 1.165) is 44.3 Å². The fourth-order valence-electron chi connectivity index (χ4n) is 3.65. The highest BCUT2D eigenvalue weighted by atomic mass is 16.5. The van der Waals surface area contributed by atoms with Crippen molar-refractivity contribution in [3.8, 4) is 0 Å². The number of carboxylic acid groups (broad SMARTS) is 1. The first kappa shape index (κ1) is 13.6. The molecule has 2 aliphatic rings. The van der Waals surface area contributed by atoms with Crippen LogP contribution in [0.1, 0.15) is 50.0 Å². The molecule has 2 unspecified atom stereocenters. The number of ether oxygens (including phenoxy) is 1. The monoisotopic (exact) mass is 274 g/mol. The van der Waals surface area contributed by atoms with E-state index >= 15 is 0 Å². The van der Waals surface area contributed by atoms with Crippen LogP contribution in [0.3, 0.4) is 0 Å². The van der Waals surface area contributed by atoms with Crippen molar-refractivity contribution in [1.82, 2.24) is 0 Å². The molecular formula is C17H22O3. The molecule has 1 aromatic carbocycles. The zero-order valence-corrected chi connectivity index (χ0v) is 11.8. The van der Waals surface area contributed by atoms with Gasteiger partial charge in [0.1, 0.15) is 0 Å². The number of rotatable bonds is 4. The fraction of sp³-hybridized carbons (Fsp3) is 0.588. The van der Waals surface area contributed by atoms with E-state index in [4.69, 9.17) is 4.74 Å². The highest BCUT2D eigenvalue weighted by Gasteiger charge is 2.43. The molecule has 3 nitrogen and oxygen atoms in total. The van der Waals surface area contributed by atoms with Gasteiger partial charge in [-0.1, -0.05) is 30.3 Å². The Morgan fingerprint density at radius 1 is 1.35 bits per heavy atom. The number of hydrogen-bond acceptors (Lipinski definition) is 2. The van der Waals surface area contributed by atoms with Gasteiger partial charge in [0.05, 0.1) is 11.5 Å². The van der Waals surface area contributed by atoms with E-state index in [0.29, 0.717) is 5.92 Å². The van der Waals surface area contributed by atoms with Crippen LogP contribution in [0.5, 0.6) is 0 Å². The fourth-order valence-corrected chi connectivity index (χ4v) is 3.65. The van der Waals surface area contributed by atoms with Gasteiger partial charge in [0.2, 0.25) is 0 Å². The molecule has 0 amide bonds. The van der Waals surface area contributed by atoms with Crippen molar-refractivity contribution in [2.75, 3.05) is 6.61 Å². The second kappa shape index (κ2) is 5.57. The lowest BCUT2D eigenvalue weighted by Gasteiger charge is -2.47. The van der Waals surface area contributed by atoms with Gasteiger partial charge in [-0.15, -0.1) is 0 Å². The first-order valence-corrected chi connectivity index (χ1v) is 7.60. The summed E-state index contributed by atoms with van der Waals surface area (Å²) in [6.07, 6.45) is 6.36. The summed E-state index contributed by atoms with van der Waals surface area (Å²) in [6, 6.07) is 9.63. The van der Waals surface area contributed by atoms with E-state index in [1.165, 1.54) is 6.42 Å². The summed E-state index contributed by atoms with van der Waals surface area (Å²) in [5.74, 6) is -0.605. The molecular weight excluding hydrogens is 252 g/mol. The van der Waals surface area contributed by atoms with Gasteiger partial charge in [-0.3, -0.25) is 4.79 Å². The molecule has 3 rings (SSSR count). The van der Waals surface area contributed by atoms with Crippen LogP contribution < -0.4 is 0 Å². The van der Waals surface area contributed by atoms with Crippen LogP contribution in [0.15, 0.2) is 30.3 Å². The summed E-state index contributed by atoms with van der Waals surface area (Å²) in [4.78, 5) is 11.6. The van der Waals surface area contributed by atoms with Gasteiger partial charge < -0.3 is 9.84 Å². The van der Waals surface area contributed by atoms with E-state index in [2.05, 4.69) is 0 Å². The third-order valence-electron chi connectivity index (χ3n) is 4.93. The molecule has 0 bridgehead atoms. The Bertz CT molecular complexity index is 464. The van der Waals surface area contributed by atoms with E-state index in [1.807, 2.05) is 30.3 Å². The summed E-state index contributed by atoms with van der Waals surface area (Å²) in [7, 11) is 0. The molecule has 1 aliphatic carbocycles. The highest BCUT2D eigenvalue weighted by Crippen LogP contribution is 2.46. The Labute approximate surface area is 120 Å². The third-order valence-corrected chi connectivity index (χ3v) is 4.93. The number of carboxylic acids is 1. The van der Waals surface area contributed by atoms with Crippen LogP contribution in [0.25, 0.3) is 0 Å². The average Bonchev–Trinajstić information content (AvgIpc) is 2.44. The normalized spacial score (nSPS) is 25.9. The zero-order valence-electron chi connectivity index (χ0n) is 11.8. The summed E-state index contributed by atoms with van der Waals surface area (Å²) >= 11 is 0. The molecule has 1 heterocycles. The van der Waals surface area contributed by atoms with E-state index in [-0.39, 0.29) is 11.5 Å². The van der Waals surface area contributed by atoms with E-state index < -0.39 is 5.97 Å². The maximum atomic E-state index is 11.6. The minimum absolute atomic E-state index is 0.0999. The van der Waals surface area contributed by atoms with Crippen molar-refractivity contribution < 1.29 is 14.6 Å². The van der Waals surface area contributed by atoms with Crippen LogP contribution in [0, 0.1) is 5.92 Å². The second-order valence-electron chi connectivity index (χ2n) is 6.28. The molecule has 1 saturated carbocycles. The average molecular weight is 274 g/mol. The molecule has 0 radical (unpaired) electrons. The Morgan fingerprint density at radius 2 is 2.10 bits per heavy atom. The van der Waals surface area contributed by atoms with Gasteiger partial charge in [0.15, 0.2) is 0 Å². The first-order valence-electron chi connectivity index (χ1n) is 7.60. The standard InChI is InChI=1S/C17H22O3/c18-16(19)15(14-5-2-1-3-6-14)11-13-7-10-20-17(12-13)8-4-9-17/h1-3,5-6,13,15H,4,7-12H2,(H,18,19). The number of carbonyl (C=O) groups is 1. The first-order chi connectivity index (χ1) is 9.69. The Kier molecular flexibility index (Phi) is 3.79. The van der Waals surface area contributed by atoms with Crippen molar-refractivity contribution in [3.05, 3.63) is 35.9 Å². The van der Waals surface area contributed by atoms with Crippen molar-refractivity contribution >= 4 is 5.97 Å². The third kappa shape index (κ3) is 2.73. The van der Waals surface area contributed by atoms with Gasteiger partial charge in [-0.2, -0.15) is 0 Å². The van der Waals surface area contributed by atoms with Crippen molar-refractivity contribution in [1.29, 1.82) is 0 Å². The molecule has 1 spiro atoms. The lowest BCUT2D eigenvalue weighted by Crippen LogP contribution is -2.45. The number of benzene rings is 1. The Hall–Kier alpha value is -1.35. The molecule has 108 valence electrons. The topological polar surface area (TPSA) is 46.5 Å². The maximum absolute atomic E-state index is 11.6.